The second-order valence-electron chi connectivity index (χ2n) is 6.31. The molecule has 0 atom stereocenters. The number of nitrogens with zero attached hydrogens (tertiary/aromatic N) is 3. The Hall–Kier alpha value is -2.44. The van der Waals surface area contributed by atoms with Gasteiger partial charge < -0.3 is 4.52 Å². The SMILES string of the molecule is Cc1oncc1-c1nc(NC(=O)C(C)(C)S(=O)(=O)CCCC(F)(F)F)n[nH]1. The first kappa shape index (κ1) is 20.9. The molecule has 0 bridgehead atoms. The summed E-state index contributed by atoms with van der Waals surface area (Å²) < 4.78 is 64.2. The molecule has 13 heteroatoms. The van der Waals surface area contributed by atoms with E-state index in [0.29, 0.717) is 11.3 Å². The summed E-state index contributed by atoms with van der Waals surface area (Å²) in [6, 6.07) is 0. The number of amides is 1. The zero-order chi connectivity index (χ0) is 20.5. The number of sulfone groups is 1. The maximum atomic E-state index is 12.4. The van der Waals surface area contributed by atoms with Crippen molar-refractivity contribution in [2.24, 2.45) is 0 Å². The summed E-state index contributed by atoms with van der Waals surface area (Å²) >= 11 is 0. The molecule has 0 saturated carbocycles. The summed E-state index contributed by atoms with van der Waals surface area (Å²) in [7, 11) is -4.15. The highest BCUT2D eigenvalue weighted by molar-refractivity contribution is 7.93. The van der Waals surface area contributed by atoms with Crippen molar-refractivity contribution in [1.82, 2.24) is 20.3 Å². The van der Waals surface area contributed by atoms with Crippen LogP contribution in [0.4, 0.5) is 19.1 Å². The van der Waals surface area contributed by atoms with Gasteiger partial charge in [-0.25, -0.2) is 8.42 Å². The van der Waals surface area contributed by atoms with E-state index in [1.165, 1.54) is 6.20 Å². The Morgan fingerprint density at radius 3 is 2.56 bits per heavy atom. The fourth-order valence-electron chi connectivity index (χ4n) is 2.08. The van der Waals surface area contributed by atoms with E-state index in [-0.39, 0.29) is 11.8 Å². The maximum Gasteiger partial charge on any atom is 0.389 e. The predicted molar refractivity (Wildman–Crippen MR) is 88.4 cm³/mol. The van der Waals surface area contributed by atoms with E-state index in [4.69, 9.17) is 4.52 Å². The second-order valence-corrected chi connectivity index (χ2v) is 8.96. The van der Waals surface area contributed by atoms with E-state index in [1.54, 1.807) is 6.92 Å². The minimum atomic E-state index is -4.46. The normalized spacial score (nSPS) is 13.0. The highest BCUT2D eigenvalue weighted by Crippen LogP contribution is 2.26. The molecule has 2 aromatic heterocycles. The zero-order valence-corrected chi connectivity index (χ0v) is 15.5. The summed E-state index contributed by atoms with van der Waals surface area (Å²) in [6.45, 7) is 3.87. The van der Waals surface area contributed by atoms with Crippen LogP contribution in [0.3, 0.4) is 0 Å². The third kappa shape index (κ3) is 4.84. The average Bonchev–Trinajstić information content (AvgIpc) is 3.14. The van der Waals surface area contributed by atoms with Crippen LogP contribution >= 0.6 is 0 Å². The van der Waals surface area contributed by atoms with Gasteiger partial charge in [0, 0.05) is 6.42 Å². The number of aromatic nitrogens is 4. The lowest BCUT2D eigenvalue weighted by molar-refractivity contribution is -0.134. The molecule has 150 valence electrons. The molecule has 27 heavy (non-hydrogen) atoms. The Balaban J connectivity index is 2.07. The number of aromatic amines is 1. The second kappa shape index (κ2) is 7.29. The van der Waals surface area contributed by atoms with Crippen LogP contribution < -0.4 is 5.32 Å². The molecule has 2 N–H and O–H groups in total. The van der Waals surface area contributed by atoms with Crippen molar-refractivity contribution < 1.29 is 30.9 Å². The van der Waals surface area contributed by atoms with E-state index < -0.39 is 45.3 Å². The monoisotopic (exact) mass is 409 g/mol. The molecule has 2 aromatic rings. The first-order chi connectivity index (χ1) is 12.3. The fraction of sp³-hybridized carbons (Fsp3) is 0.571. The first-order valence-corrected chi connectivity index (χ1v) is 9.43. The average molecular weight is 409 g/mol. The molecule has 0 fully saturated rings. The Morgan fingerprint density at radius 1 is 1.33 bits per heavy atom. The van der Waals surface area contributed by atoms with Crippen LogP contribution in [0.5, 0.6) is 0 Å². The van der Waals surface area contributed by atoms with E-state index >= 15 is 0 Å². The molecule has 0 aliphatic carbocycles. The van der Waals surface area contributed by atoms with E-state index in [2.05, 4.69) is 25.7 Å². The third-order valence-electron chi connectivity index (χ3n) is 3.91. The van der Waals surface area contributed by atoms with Gasteiger partial charge in [0.25, 0.3) is 0 Å². The van der Waals surface area contributed by atoms with Crippen molar-refractivity contribution in [2.45, 2.75) is 44.5 Å². The van der Waals surface area contributed by atoms with Crippen molar-refractivity contribution in [2.75, 3.05) is 11.1 Å². The van der Waals surface area contributed by atoms with Crippen LogP contribution in [-0.4, -0.2) is 51.3 Å². The van der Waals surface area contributed by atoms with E-state index in [9.17, 15) is 26.4 Å². The van der Waals surface area contributed by atoms with Crippen LogP contribution in [0.15, 0.2) is 10.7 Å². The van der Waals surface area contributed by atoms with Gasteiger partial charge in [0.2, 0.25) is 11.9 Å². The molecule has 0 radical (unpaired) electrons. The summed E-state index contributed by atoms with van der Waals surface area (Å²) in [4.78, 5) is 16.4. The van der Waals surface area contributed by atoms with Crippen LogP contribution in [0.1, 0.15) is 32.4 Å². The highest BCUT2D eigenvalue weighted by Gasteiger charge is 2.42. The first-order valence-electron chi connectivity index (χ1n) is 7.78. The molecule has 9 nitrogen and oxygen atoms in total. The van der Waals surface area contributed by atoms with Gasteiger partial charge in [-0.15, -0.1) is 5.10 Å². The summed E-state index contributed by atoms with van der Waals surface area (Å²) in [5.41, 5.74) is 0.502. The molecule has 0 spiro atoms. The Bertz CT molecular complexity index is 917. The van der Waals surface area contributed by atoms with Gasteiger partial charge in [-0.3, -0.25) is 15.2 Å². The largest absolute Gasteiger partial charge is 0.389 e. The molecule has 2 rings (SSSR count). The zero-order valence-electron chi connectivity index (χ0n) is 14.7. The van der Waals surface area contributed by atoms with Gasteiger partial charge in [0.1, 0.15) is 10.5 Å². The summed E-state index contributed by atoms with van der Waals surface area (Å²) in [5.74, 6) is -1.21. The Morgan fingerprint density at radius 2 is 2.00 bits per heavy atom. The van der Waals surface area contributed by atoms with E-state index in [0.717, 1.165) is 13.8 Å². The van der Waals surface area contributed by atoms with Gasteiger partial charge >= 0.3 is 6.18 Å². The lowest BCUT2D eigenvalue weighted by Gasteiger charge is -2.23. The van der Waals surface area contributed by atoms with Crippen molar-refractivity contribution in [3.05, 3.63) is 12.0 Å². The molecule has 2 heterocycles. The number of hydrogen-bond donors (Lipinski definition) is 2. The number of nitrogens with one attached hydrogen (secondary N) is 2. The van der Waals surface area contributed by atoms with Crippen LogP contribution in [0, 0.1) is 6.92 Å². The molecule has 1 amide bonds. The number of carbonyl (C=O) groups excluding carboxylic acids is 1. The van der Waals surface area contributed by atoms with Gasteiger partial charge in [0.05, 0.1) is 17.5 Å². The number of H-pyrrole nitrogens is 1. The minimum Gasteiger partial charge on any atom is -0.361 e. The quantitative estimate of drug-likeness (QED) is 0.717. The number of alkyl halides is 3. The molecule has 0 saturated heterocycles. The topological polar surface area (TPSA) is 131 Å². The minimum absolute atomic E-state index is 0.186. The fourth-order valence-corrected chi connectivity index (χ4v) is 3.44. The number of anilines is 1. The van der Waals surface area contributed by atoms with Crippen LogP contribution in [-0.2, 0) is 14.6 Å². The molecular weight excluding hydrogens is 391 g/mol. The van der Waals surface area contributed by atoms with Crippen molar-refractivity contribution >= 4 is 21.7 Å². The number of halogens is 3. The van der Waals surface area contributed by atoms with Crippen LogP contribution in [0.25, 0.3) is 11.4 Å². The van der Waals surface area contributed by atoms with Gasteiger partial charge in [0.15, 0.2) is 15.7 Å². The van der Waals surface area contributed by atoms with Gasteiger partial charge in [-0.05, 0) is 27.2 Å². The molecule has 0 aromatic carbocycles. The van der Waals surface area contributed by atoms with Crippen molar-refractivity contribution in [3.8, 4) is 11.4 Å². The number of carbonyl (C=O) groups is 1. The third-order valence-corrected chi connectivity index (χ3v) is 6.48. The van der Waals surface area contributed by atoms with Crippen molar-refractivity contribution in [1.29, 1.82) is 0 Å². The number of hydrogen-bond acceptors (Lipinski definition) is 7. The summed E-state index contributed by atoms with van der Waals surface area (Å²) in [5, 5.41) is 12.1. The molecule has 0 unspecified atom stereocenters. The molecule has 0 aliphatic heterocycles. The van der Waals surface area contributed by atoms with Gasteiger partial charge in [-0.1, -0.05) is 5.16 Å². The lowest BCUT2D eigenvalue weighted by atomic mass is 10.2. The number of rotatable bonds is 7. The number of aryl methyl sites for hydroxylation is 1. The van der Waals surface area contributed by atoms with Gasteiger partial charge in [-0.2, -0.15) is 18.2 Å². The maximum absolute atomic E-state index is 12.4. The standard InChI is InChI=1S/C14H18F3N5O4S/c1-8-9(7-18-26-8)10-19-12(22-21-10)20-11(23)13(2,3)27(24,25)6-4-5-14(15,16)17/h7H,4-6H2,1-3H3,(H2,19,20,21,22,23). The highest BCUT2D eigenvalue weighted by atomic mass is 32.2. The Labute approximate surface area is 152 Å². The molecule has 0 aliphatic rings. The summed E-state index contributed by atoms with van der Waals surface area (Å²) in [6.07, 6.45) is -4.94. The predicted octanol–water partition coefficient (Wildman–Crippen LogP) is 2.24. The van der Waals surface area contributed by atoms with E-state index in [1.807, 2.05) is 0 Å². The Kier molecular flexibility index (Phi) is 5.63. The van der Waals surface area contributed by atoms with Crippen molar-refractivity contribution in [3.63, 3.8) is 0 Å². The smallest absolute Gasteiger partial charge is 0.361 e. The lowest BCUT2D eigenvalue weighted by Crippen LogP contribution is -2.46. The molecular formula is C14H18F3N5O4S. The van der Waals surface area contributed by atoms with Crippen LogP contribution in [0.2, 0.25) is 0 Å².